The van der Waals surface area contributed by atoms with Gasteiger partial charge in [-0.3, -0.25) is 0 Å². The first-order valence-electron chi connectivity index (χ1n) is 9.88. The number of alkyl halides is 1. The first-order chi connectivity index (χ1) is 10.2. The predicted octanol–water partition coefficient (Wildman–Crippen LogP) is 6.93. The molecule has 0 nitrogen and oxygen atoms in total. The Balaban J connectivity index is 1.68. The van der Waals surface area contributed by atoms with E-state index in [9.17, 15) is 4.39 Å². The highest BCUT2D eigenvalue weighted by Crippen LogP contribution is 2.43. The van der Waals surface area contributed by atoms with Crippen LogP contribution in [0.4, 0.5) is 4.39 Å². The maximum atomic E-state index is 14.3. The molecule has 2 aliphatic carbocycles. The number of rotatable bonds is 7. The third-order valence-electron chi connectivity index (χ3n) is 6.38. The Morgan fingerprint density at radius 2 is 1.48 bits per heavy atom. The van der Waals surface area contributed by atoms with Crippen molar-refractivity contribution in [3.05, 3.63) is 0 Å². The van der Waals surface area contributed by atoms with E-state index in [4.69, 9.17) is 0 Å². The summed E-state index contributed by atoms with van der Waals surface area (Å²) in [6, 6.07) is 0. The average molecular weight is 297 g/mol. The van der Waals surface area contributed by atoms with Crippen molar-refractivity contribution in [2.75, 3.05) is 0 Å². The van der Waals surface area contributed by atoms with Gasteiger partial charge < -0.3 is 0 Å². The Kier molecular flexibility index (Phi) is 7.54. The van der Waals surface area contributed by atoms with Crippen LogP contribution < -0.4 is 0 Å². The maximum absolute atomic E-state index is 14.3. The van der Waals surface area contributed by atoms with Gasteiger partial charge in [0.1, 0.15) is 6.17 Å². The monoisotopic (exact) mass is 296 g/mol. The van der Waals surface area contributed by atoms with Crippen molar-refractivity contribution in [1.29, 1.82) is 0 Å². The lowest BCUT2D eigenvalue weighted by Crippen LogP contribution is -2.32. The van der Waals surface area contributed by atoms with Crippen LogP contribution in [0.15, 0.2) is 0 Å². The van der Waals surface area contributed by atoms with Crippen LogP contribution in [-0.4, -0.2) is 6.17 Å². The summed E-state index contributed by atoms with van der Waals surface area (Å²) in [4.78, 5) is 0. The molecule has 0 spiro atoms. The zero-order valence-corrected chi connectivity index (χ0v) is 14.5. The Bertz CT molecular complexity index is 267. The largest absolute Gasteiger partial charge is 0.247 e. The van der Waals surface area contributed by atoms with Gasteiger partial charge in [-0.1, -0.05) is 58.8 Å². The van der Waals surface area contributed by atoms with Gasteiger partial charge in [0.05, 0.1) is 0 Å². The summed E-state index contributed by atoms with van der Waals surface area (Å²) in [5.74, 6) is 2.94. The van der Waals surface area contributed by atoms with Crippen LogP contribution in [0.1, 0.15) is 97.3 Å². The molecular formula is C20H37F. The first-order valence-corrected chi connectivity index (χ1v) is 9.88. The van der Waals surface area contributed by atoms with E-state index in [0.29, 0.717) is 11.8 Å². The van der Waals surface area contributed by atoms with Crippen LogP contribution in [0.25, 0.3) is 0 Å². The molecule has 0 aromatic heterocycles. The SMILES string of the molecule is CCCCCC1CCC(C2CCC(CCC)C(F)C2)CC1. The summed E-state index contributed by atoms with van der Waals surface area (Å²) in [7, 11) is 0. The molecule has 2 saturated carbocycles. The van der Waals surface area contributed by atoms with Crippen LogP contribution in [0, 0.1) is 23.7 Å². The van der Waals surface area contributed by atoms with Gasteiger partial charge in [0.2, 0.25) is 0 Å². The number of hydrogen-bond acceptors (Lipinski definition) is 0. The second-order valence-electron chi connectivity index (χ2n) is 7.91. The fraction of sp³-hybridized carbons (Fsp3) is 1.00. The number of halogens is 1. The molecule has 0 radical (unpaired) electrons. The Morgan fingerprint density at radius 3 is 2.10 bits per heavy atom. The molecule has 0 aromatic rings. The van der Waals surface area contributed by atoms with Crippen molar-refractivity contribution in [1.82, 2.24) is 0 Å². The second kappa shape index (κ2) is 9.16. The van der Waals surface area contributed by atoms with E-state index in [2.05, 4.69) is 13.8 Å². The molecule has 1 heteroatoms. The molecule has 0 N–H and O–H groups in total. The molecule has 21 heavy (non-hydrogen) atoms. The summed E-state index contributed by atoms with van der Waals surface area (Å²) in [6.07, 6.45) is 16.4. The van der Waals surface area contributed by atoms with Crippen molar-refractivity contribution in [2.24, 2.45) is 23.7 Å². The summed E-state index contributed by atoms with van der Waals surface area (Å²) < 4.78 is 14.3. The van der Waals surface area contributed by atoms with Gasteiger partial charge in [-0.15, -0.1) is 0 Å². The smallest absolute Gasteiger partial charge is 0.103 e. The number of unbranched alkanes of at least 4 members (excludes halogenated alkanes) is 2. The predicted molar refractivity (Wildman–Crippen MR) is 90.2 cm³/mol. The standard InChI is InChI=1S/C20H37F/c1-3-5-6-8-16-9-11-17(12-10-16)19-14-13-18(7-4-2)20(21)15-19/h16-20H,3-15H2,1-2H3. The molecule has 2 rings (SSSR count). The number of hydrogen-bond donors (Lipinski definition) is 0. The van der Waals surface area contributed by atoms with Gasteiger partial charge in [0.15, 0.2) is 0 Å². The molecule has 0 saturated heterocycles. The average Bonchev–Trinajstić information content (AvgIpc) is 2.50. The quantitative estimate of drug-likeness (QED) is 0.447. The van der Waals surface area contributed by atoms with Gasteiger partial charge in [-0.05, 0) is 62.2 Å². The fourth-order valence-corrected chi connectivity index (χ4v) is 4.96. The second-order valence-corrected chi connectivity index (χ2v) is 7.91. The third-order valence-corrected chi connectivity index (χ3v) is 6.38. The van der Waals surface area contributed by atoms with E-state index in [1.54, 1.807) is 0 Å². The van der Waals surface area contributed by atoms with E-state index in [1.165, 1.54) is 57.8 Å². The zero-order valence-electron chi connectivity index (χ0n) is 14.5. The molecule has 3 atom stereocenters. The Labute approximate surface area is 132 Å². The van der Waals surface area contributed by atoms with E-state index >= 15 is 0 Å². The summed E-state index contributed by atoms with van der Waals surface area (Å²) in [6.45, 7) is 4.48. The fourth-order valence-electron chi connectivity index (χ4n) is 4.96. The van der Waals surface area contributed by atoms with Crippen molar-refractivity contribution in [2.45, 2.75) is 103 Å². The minimum absolute atomic E-state index is 0.386. The van der Waals surface area contributed by atoms with Crippen LogP contribution in [0.3, 0.4) is 0 Å². The molecule has 0 bridgehead atoms. The molecule has 2 fully saturated rings. The molecule has 2 aliphatic rings. The molecule has 124 valence electrons. The van der Waals surface area contributed by atoms with E-state index < -0.39 is 6.17 Å². The van der Waals surface area contributed by atoms with Crippen LogP contribution in [-0.2, 0) is 0 Å². The van der Waals surface area contributed by atoms with E-state index in [0.717, 1.165) is 37.5 Å². The Hall–Kier alpha value is -0.0700. The van der Waals surface area contributed by atoms with E-state index in [1.807, 2.05) is 0 Å². The van der Waals surface area contributed by atoms with Crippen LogP contribution in [0.2, 0.25) is 0 Å². The van der Waals surface area contributed by atoms with Crippen molar-refractivity contribution in [3.63, 3.8) is 0 Å². The molecule has 0 heterocycles. The van der Waals surface area contributed by atoms with Gasteiger partial charge in [0, 0.05) is 0 Å². The highest BCUT2D eigenvalue weighted by atomic mass is 19.1. The molecule has 0 amide bonds. The molecular weight excluding hydrogens is 259 g/mol. The minimum atomic E-state index is -0.494. The lowest BCUT2D eigenvalue weighted by atomic mass is 9.67. The highest BCUT2D eigenvalue weighted by molar-refractivity contribution is 4.86. The maximum Gasteiger partial charge on any atom is 0.103 e. The molecule has 0 aliphatic heterocycles. The highest BCUT2D eigenvalue weighted by Gasteiger charge is 2.35. The zero-order chi connectivity index (χ0) is 15.1. The van der Waals surface area contributed by atoms with Gasteiger partial charge >= 0.3 is 0 Å². The first kappa shape index (κ1) is 17.3. The lowest BCUT2D eigenvalue weighted by Gasteiger charge is -2.39. The van der Waals surface area contributed by atoms with E-state index in [-0.39, 0.29) is 0 Å². The Morgan fingerprint density at radius 1 is 0.762 bits per heavy atom. The minimum Gasteiger partial charge on any atom is -0.247 e. The topological polar surface area (TPSA) is 0 Å². The normalized spacial score (nSPS) is 37.6. The third kappa shape index (κ3) is 5.25. The van der Waals surface area contributed by atoms with Gasteiger partial charge in [-0.2, -0.15) is 0 Å². The van der Waals surface area contributed by atoms with Crippen molar-refractivity contribution < 1.29 is 4.39 Å². The summed E-state index contributed by atoms with van der Waals surface area (Å²) >= 11 is 0. The summed E-state index contributed by atoms with van der Waals surface area (Å²) in [5.41, 5.74) is 0. The molecule has 0 aromatic carbocycles. The van der Waals surface area contributed by atoms with Gasteiger partial charge in [0.25, 0.3) is 0 Å². The van der Waals surface area contributed by atoms with Gasteiger partial charge in [-0.25, -0.2) is 4.39 Å². The summed E-state index contributed by atoms with van der Waals surface area (Å²) in [5, 5.41) is 0. The van der Waals surface area contributed by atoms with Crippen molar-refractivity contribution in [3.8, 4) is 0 Å². The lowest BCUT2D eigenvalue weighted by molar-refractivity contribution is 0.0718. The van der Waals surface area contributed by atoms with Crippen molar-refractivity contribution >= 4 is 0 Å². The van der Waals surface area contributed by atoms with Crippen LogP contribution >= 0.6 is 0 Å². The molecule has 3 unspecified atom stereocenters. The van der Waals surface area contributed by atoms with Crippen LogP contribution in [0.5, 0.6) is 0 Å².